The minimum absolute atomic E-state index is 0.00212. The van der Waals surface area contributed by atoms with Crippen LogP contribution in [0.5, 0.6) is 5.75 Å². The second-order valence-electron chi connectivity index (χ2n) is 9.21. The molecule has 0 bridgehead atoms. The number of carbonyl (C=O) groups is 2. The lowest BCUT2D eigenvalue weighted by Gasteiger charge is -2.38. The zero-order valence-electron chi connectivity index (χ0n) is 19.0. The lowest BCUT2D eigenvalue weighted by atomic mass is 9.89. The lowest BCUT2D eigenvalue weighted by Crippen LogP contribution is -2.52. The molecule has 3 heterocycles. The first kappa shape index (κ1) is 22.0. The molecule has 170 valence electrons. The molecule has 1 aromatic carbocycles. The van der Waals surface area contributed by atoms with Gasteiger partial charge in [0.1, 0.15) is 11.9 Å². The fourth-order valence-electron chi connectivity index (χ4n) is 3.94. The van der Waals surface area contributed by atoms with Gasteiger partial charge in [0.2, 0.25) is 11.8 Å². The third-order valence-corrected chi connectivity index (χ3v) is 6.45. The second-order valence-corrected chi connectivity index (χ2v) is 9.21. The summed E-state index contributed by atoms with van der Waals surface area (Å²) < 4.78 is 6.08. The molecular weight excluding hydrogens is 406 g/mol. The first-order chi connectivity index (χ1) is 15.4. The Balaban J connectivity index is 1.24. The van der Waals surface area contributed by atoms with E-state index in [1.165, 1.54) is 0 Å². The highest BCUT2D eigenvalue weighted by molar-refractivity contribution is 5.94. The van der Waals surface area contributed by atoms with Crippen LogP contribution in [0.1, 0.15) is 33.6 Å². The summed E-state index contributed by atoms with van der Waals surface area (Å²) in [6, 6.07) is 11.2. The fourth-order valence-corrected chi connectivity index (χ4v) is 3.94. The number of benzene rings is 1. The van der Waals surface area contributed by atoms with Crippen LogP contribution < -0.4 is 15.0 Å². The van der Waals surface area contributed by atoms with E-state index in [2.05, 4.69) is 15.5 Å². The number of hydrogen-bond donors (Lipinski definition) is 1. The van der Waals surface area contributed by atoms with Crippen molar-refractivity contribution in [2.75, 3.05) is 36.4 Å². The molecule has 32 heavy (non-hydrogen) atoms. The number of nitrogens with zero attached hydrogens (tertiary/aromatic N) is 4. The van der Waals surface area contributed by atoms with E-state index >= 15 is 0 Å². The zero-order valence-corrected chi connectivity index (χ0v) is 19.0. The molecular formula is C24H31N5O3. The summed E-state index contributed by atoms with van der Waals surface area (Å²) in [5.41, 5.74) is 0.411. The molecule has 2 amide bonds. The molecule has 0 unspecified atom stereocenters. The Morgan fingerprint density at radius 3 is 2.56 bits per heavy atom. The van der Waals surface area contributed by atoms with E-state index in [1.807, 2.05) is 67.0 Å². The zero-order chi connectivity index (χ0) is 22.7. The lowest BCUT2D eigenvalue weighted by molar-refractivity contribution is -0.139. The van der Waals surface area contributed by atoms with Crippen LogP contribution in [0.2, 0.25) is 0 Å². The predicted molar refractivity (Wildman–Crippen MR) is 122 cm³/mol. The molecule has 0 radical (unpaired) electrons. The van der Waals surface area contributed by atoms with Gasteiger partial charge in [-0.1, -0.05) is 20.8 Å². The number of aromatic nitrogens is 2. The topological polar surface area (TPSA) is 87.7 Å². The number of ether oxygens (including phenoxy) is 1. The molecule has 2 aliphatic rings. The number of rotatable bonds is 7. The number of carbonyl (C=O) groups excluding carboxylic acids is 2. The molecule has 2 fully saturated rings. The average Bonchev–Trinajstić information content (AvgIpc) is 3.22. The number of nitrogens with one attached hydrogen (secondary N) is 1. The van der Waals surface area contributed by atoms with Crippen LogP contribution in [0.25, 0.3) is 0 Å². The molecule has 0 aliphatic carbocycles. The van der Waals surface area contributed by atoms with E-state index in [1.54, 1.807) is 6.20 Å². The highest BCUT2D eigenvalue weighted by Crippen LogP contribution is 2.28. The average molecular weight is 438 g/mol. The molecule has 2 saturated heterocycles. The van der Waals surface area contributed by atoms with Crippen LogP contribution in [0.4, 0.5) is 11.5 Å². The van der Waals surface area contributed by atoms with Crippen LogP contribution >= 0.6 is 0 Å². The quantitative estimate of drug-likeness (QED) is 0.717. The van der Waals surface area contributed by atoms with Gasteiger partial charge in [-0.15, -0.1) is 5.10 Å². The van der Waals surface area contributed by atoms with Gasteiger partial charge in [0.25, 0.3) is 0 Å². The maximum atomic E-state index is 12.6. The van der Waals surface area contributed by atoms with Crippen molar-refractivity contribution in [1.29, 1.82) is 0 Å². The molecule has 1 aromatic heterocycles. The Hall–Kier alpha value is -3.16. The Morgan fingerprint density at radius 1 is 1.16 bits per heavy atom. The monoisotopic (exact) mass is 437 g/mol. The van der Waals surface area contributed by atoms with Crippen LogP contribution in [0, 0.1) is 11.3 Å². The molecule has 8 nitrogen and oxygen atoms in total. The van der Waals surface area contributed by atoms with Crippen molar-refractivity contribution >= 4 is 23.3 Å². The summed E-state index contributed by atoms with van der Waals surface area (Å²) in [6.45, 7) is 8.65. The summed E-state index contributed by atoms with van der Waals surface area (Å²) >= 11 is 0. The Bertz CT molecular complexity index is 942. The van der Waals surface area contributed by atoms with Gasteiger partial charge >= 0.3 is 0 Å². The SMILES string of the molecule is CCC(C)(C)C(=O)N1CC[C@@H](Oc2ccc(NC(=O)C3CN(c4cccnn4)C3)cc2)C1. The van der Waals surface area contributed by atoms with E-state index in [4.69, 9.17) is 4.74 Å². The second kappa shape index (κ2) is 9.14. The van der Waals surface area contributed by atoms with Gasteiger partial charge in [-0.25, -0.2) is 0 Å². The van der Waals surface area contributed by atoms with Crippen molar-refractivity contribution in [2.24, 2.45) is 11.3 Å². The third-order valence-electron chi connectivity index (χ3n) is 6.45. The largest absolute Gasteiger partial charge is 0.489 e. The van der Waals surface area contributed by atoms with E-state index in [0.29, 0.717) is 19.6 Å². The van der Waals surface area contributed by atoms with Gasteiger partial charge in [-0.3, -0.25) is 9.59 Å². The minimum atomic E-state index is -0.333. The number of hydrogen-bond acceptors (Lipinski definition) is 6. The van der Waals surface area contributed by atoms with E-state index < -0.39 is 0 Å². The molecule has 2 aromatic rings. The van der Waals surface area contributed by atoms with Crippen LogP contribution in [0.3, 0.4) is 0 Å². The molecule has 8 heteroatoms. The molecule has 2 aliphatic heterocycles. The Kier molecular flexibility index (Phi) is 6.30. The van der Waals surface area contributed by atoms with Gasteiger partial charge in [0.15, 0.2) is 5.82 Å². The summed E-state index contributed by atoms with van der Waals surface area (Å²) in [5.74, 6) is 1.67. The highest BCUT2D eigenvalue weighted by atomic mass is 16.5. The van der Waals surface area contributed by atoms with Gasteiger partial charge in [-0.05, 0) is 42.8 Å². The van der Waals surface area contributed by atoms with Gasteiger partial charge in [-0.2, -0.15) is 5.10 Å². The van der Waals surface area contributed by atoms with Crippen molar-refractivity contribution in [3.63, 3.8) is 0 Å². The number of anilines is 2. The normalized spacial score (nSPS) is 18.9. The summed E-state index contributed by atoms with van der Waals surface area (Å²) in [6.07, 6.45) is 3.28. The van der Waals surface area contributed by atoms with Crippen LogP contribution in [-0.4, -0.2) is 59.2 Å². The summed E-state index contributed by atoms with van der Waals surface area (Å²) in [5, 5.41) is 10.9. The standard InChI is InChI=1S/C24H31N5O3/c1-4-24(2,3)23(31)28-13-11-20(16-28)32-19-9-7-18(8-10-19)26-22(30)17-14-29(15-17)21-6-5-12-25-27-21/h5-10,12,17,20H,4,11,13-16H2,1-3H3,(H,26,30)/t20-/m1/s1. The first-order valence-electron chi connectivity index (χ1n) is 11.3. The molecule has 4 rings (SSSR count). The highest BCUT2D eigenvalue weighted by Gasteiger charge is 2.36. The van der Waals surface area contributed by atoms with Gasteiger partial charge < -0.3 is 19.9 Å². The molecule has 0 saturated carbocycles. The van der Waals surface area contributed by atoms with E-state index in [0.717, 1.165) is 36.6 Å². The van der Waals surface area contributed by atoms with Crippen molar-refractivity contribution in [1.82, 2.24) is 15.1 Å². The summed E-state index contributed by atoms with van der Waals surface area (Å²) in [4.78, 5) is 29.1. The van der Waals surface area contributed by atoms with Crippen molar-refractivity contribution in [3.05, 3.63) is 42.6 Å². The smallest absolute Gasteiger partial charge is 0.231 e. The minimum Gasteiger partial charge on any atom is -0.489 e. The predicted octanol–water partition coefficient (Wildman–Crippen LogP) is 2.97. The number of amides is 2. The van der Waals surface area contributed by atoms with Gasteiger partial charge in [0.05, 0.1) is 12.5 Å². The van der Waals surface area contributed by atoms with Crippen molar-refractivity contribution < 1.29 is 14.3 Å². The van der Waals surface area contributed by atoms with Crippen molar-refractivity contribution in [3.8, 4) is 5.75 Å². The van der Waals surface area contributed by atoms with Crippen LogP contribution in [0.15, 0.2) is 42.6 Å². The number of likely N-dealkylation sites (tertiary alicyclic amines) is 1. The van der Waals surface area contributed by atoms with E-state index in [-0.39, 0.29) is 29.3 Å². The summed E-state index contributed by atoms with van der Waals surface area (Å²) in [7, 11) is 0. The van der Waals surface area contributed by atoms with Gasteiger partial charge in [0, 0.05) is 43.4 Å². The Labute approximate surface area is 188 Å². The molecule has 1 N–H and O–H groups in total. The maximum Gasteiger partial charge on any atom is 0.231 e. The molecule has 1 atom stereocenters. The van der Waals surface area contributed by atoms with E-state index in [9.17, 15) is 9.59 Å². The Morgan fingerprint density at radius 2 is 1.91 bits per heavy atom. The van der Waals surface area contributed by atoms with Crippen LogP contribution in [-0.2, 0) is 9.59 Å². The molecule has 0 spiro atoms. The first-order valence-corrected chi connectivity index (χ1v) is 11.3. The fraction of sp³-hybridized carbons (Fsp3) is 0.500. The maximum absolute atomic E-state index is 12.6. The van der Waals surface area contributed by atoms with Crippen molar-refractivity contribution in [2.45, 2.75) is 39.7 Å². The third kappa shape index (κ3) is 4.84.